The maximum atomic E-state index is 12.1. The van der Waals surface area contributed by atoms with Crippen LogP contribution < -0.4 is 5.32 Å². The monoisotopic (exact) mass is 280 g/mol. The molecular weight excluding hydrogens is 265 g/mol. The van der Waals surface area contributed by atoms with Crippen LogP contribution in [0, 0.1) is 5.92 Å². The van der Waals surface area contributed by atoms with Gasteiger partial charge in [-0.05, 0) is 25.7 Å². The van der Waals surface area contributed by atoms with Gasteiger partial charge in [0.2, 0.25) is 5.91 Å². The number of amides is 1. The van der Waals surface area contributed by atoms with Gasteiger partial charge in [-0.3, -0.25) is 4.79 Å². The Morgan fingerprint density at radius 2 is 1.89 bits per heavy atom. The van der Waals surface area contributed by atoms with Crippen molar-refractivity contribution in [3.05, 3.63) is 0 Å². The van der Waals surface area contributed by atoms with E-state index < -0.39 is 18.1 Å². The first-order valence-corrected chi connectivity index (χ1v) is 6.20. The van der Waals surface area contributed by atoms with Crippen molar-refractivity contribution >= 4 is 11.9 Å². The molecule has 0 bridgehead atoms. The van der Waals surface area contributed by atoms with Crippen molar-refractivity contribution < 1.29 is 27.6 Å². The standard InChI is InChI=1S/C11H15F3N2O3/c12-11(13,14)10(18)19-16-5-1-2-7(6-16)9(17)15-8-3-4-8/h7-8H,1-6H2,(H,15,17). The lowest BCUT2D eigenvalue weighted by atomic mass is 9.98. The first-order valence-electron chi connectivity index (χ1n) is 6.20. The molecule has 1 unspecified atom stereocenters. The van der Waals surface area contributed by atoms with E-state index in [1.165, 1.54) is 0 Å². The zero-order valence-electron chi connectivity index (χ0n) is 10.2. The van der Waals surface area contributed by atoms with Gasteiger partial charge >= 0.3 is 12.1 Å². The average molecular weight is 280 g/mol. The maximum absolute atomic E-state index is 12.1. The SMILES string of the molecule is O=C(NC1CC1)C1CCCN(OC(=O)C(F)(F)F)C1. The normalized spacial score (nSPS) is 24.9. The number of hydroxylamine groups is 2. The fourth-order valence-electron chi connectivity index (χ4n) is 1.96. The first kappa shape index (κ1) is 14.1. The lowest BCUT2D eigenvalue weighted by Crippen LogP contribution is -2.45. The number of hydrogen-bond donors (Lipinski definition) is 1. The minimum atomic E-state index is -5.01. The molecule has 2 aliphatic rings. The van der Waals surface area contributed by atoms with Crippen LogP contribution in [0.3, 0.4) is 0 Å². The van der Waals surface area contributed by atoms with Crippen LogP contribution in [0.2, 0.25) is 0 Å². The summed E-state index contributed by atoms with van der Waals surface area (Å²) in [5.41, 5.74) is 0. The van der Waals surface area contributed by atoms with Crippen molar-refractivity contribution in [2.24, 2.45) is 5.92 Å². The number of piperidine rings is 1. The van der Waals surface area contributed by atoms with Gasteiger partial charge < -0.3 is 10.2 Å². The number of carbonyl (C=O) groups excluding carboxylic acids is 2. The van der Waals surface area contributed by atoms with Crippen molar-refractivity contribution in [2.45, 2.75) is 37.9 Å². The Morgan fingerprint density at radius 3 is 2.47 bits per heavy atom. The zero-order chi connectivity index (χ0) is 14.0. The predicted octanol–water partition coefficient (Wildman–Crippen LogP) is 0.997. The summed E-state index contributed by atoms with van der Waals surface area (Å²) in [5.74, 6) is -2.83. The molecule has 1 atom stereocenters. The molecule has 2 fully saturated rings. The largest absolute Gasteiger partial charge is 0.492 e. The second-order valence-electron chi connectivity index (χ2n) is 4.89. The summed E-state index contributed by atoms with van der Waals surface area (Å²) >= 11 is 0. The Morgan fingerprint density at radius 1 is 1.21 bits per heavy atom. The summed E-state index contributed by atoms with van der Waals surface area (Å²) in [4.78, 5) is 26.7. The van der Waals surface area contributed by atoms with E-state index in [0.29, 0.717) is 12.8 Å². The minimum absolute atomic E-state index is 0.0143. The fourth-order valence-corrected chi connectivity index (χ4v) is 1.96. The molecule has 1 saturated carbocycles. The molecule has 1 heterocycles. The lowest BCUT2D eigenvalue weighted by molar-refractivity contribution is -0.243. The number of hydrogen-bond acceptors (Lipinski definition) is 4. The minimum Gasteiger partial charge on any atom is -0.361 e. The van der Waals surface area contributed by atoms with Gasteiger partial charge in [0.25, 0.3) is 0 Å². The Bertz CT molecular complexity index is 369. The van der Waals surface area contributed by atoms with E-state index in [0.717, 1.165) is 17.9 Å². The third kappa shape index (κ3) is 4.09. The zero-order valence-corrected chi connectivity index (χ0v) is 10.2. The molecule has 0 spiro atoms. The number of rotatable bonds is 3. The van der Waals surface area contributed by atoms with Crippen LogP contribution in [0.4, 0.5) is 13.2 Å². The van der Waals surface area contributed by atoms with E-state index >= 15 is 0 Å². The van der Waals surface area contributed by atoms with Crippen LogP contribution in [-0.2, 0) is 14.4 Å². The van der Waals surface area contributed by atoms with Gasteiger partial charge in [0.1, 0.15) is 0 Å². The van der Waals surface area contributed by atoms with Crippen molar-refractivity contribution in [1.29, 1.82) is 0 Å². The highest BCUT2D eigenvalue weighted by Gasteiger charge is 2.43. The van der Waals surface area contributed by atoms with Gasteiger partial charge in [0.15, 0.2) is 0 Å². The second-order valence-corrected chi connectivity index (χ2v) is 4.89. The summed E-state index contributed by atoms with van der Waals surface area (Å²) in [5, 5.41) is 3.73. The third-order valence-corrected chi connectivity index (χ3v) is 3.12. The predicted molar refractivity (Wildman–Crippen MR) is 57.6 cm³/mol. The van der Waals surface area contributed by atoms with Crippen LogP contribution in [0.15, 0.2) is 0 Å². The Labute approximate surface area is 108 Å². The molecule has 1 aliphatic carbocycles. The highest BCUT2D eigenvalue weighted by Crippen LogP contribution is 2.23. The fraction of sp³-hybridized carbons (Fsp3) is 0.818. The van der Waals surface area contributed by atoms with Crippen LogP contribution >= 0.6 is 0 Å². The highest BCUT2D eigenvalue weighted by molar-refractivity contribution is 5.79. The van der Waals surface area contributed by atoms with Gasteiger partial charge in [-0.15, -0.1) is 5.06 Å². The number of nitrogens with zero attached hydrogens (tertiary/aromatic N) is 1. The molecule has 108 valence electrons. The molecule has 19 heavy (non-hydrogen) atoms. The van der Waals surface area contributed by atoms with Gasteiger partial charge in [0, 0.05) is 19.1 Å². The maximum Gasteiger partial charge on any atom is 0.492 e. The van der Waals surface area contributed by atoms with Crippen molar-refractivity contribution in [2.75, 3.05) is 13.1 Å². The van der Waals surface area contributed by atoms with Gasteiger partial charge in [0.05, 0.1) is 5.92 Å². The van der Waals surface area contributed by atoms with Crippen LogP contribution in [0.25, 0.3) is 0 Å². The van der Waals surface area contributed by atoms with E-state index in [4.69, 9.17) is 0 Å². The molecule has 5 nitrogen and oxygen atoms in total. The molecule has 8 heteroatoms. The third-order valence-electron chi connectivity index (χ3n) is 3.12. The van der Waals surface area contributed by atoms with Gasteiger partial charge in [-0.2, -0.15) is 13.2 Å². The molecule has 1 amide bonds. The van der Waals surface area contributed by atoms with Crippen LogP contribution in [0.1, 0.15) is 25.7 Å². The summed E-state index contributed by atoms with van der Waals surface area (Å²) < 4.78 is 36.2. The highest BCUT2D eigenvalue weighted by atomic mass is 19.4. The first-order chi connectivity index (χ1) is 8.86. The van der Waals surface area contributed by atoms with Crippen molar-refractivity contribution in [3.63, 3.8) is 0 Å². The molecule has 1 saturated heterocycles. The Balaban J connectivity index is 1.82. The number of halogens is 3. The number of alkyl halides is 3. The molecule has 0 aromatic heterocycles. The van der Waals surface area contributed by atoms with Crippen LogP contribution in [0.5, 0.6) is 0 Å². The van der Waals surface area contributed by atoms with Gasteiger partial charge in [-0.25, -0.2) is 4.79 Å². The average Bonchev–Trinajstić information content (AvgIpc) is 3.12. The van der Waals surface area contributed by atoms with Gasteiger partial charge in [-0.1, -0.05) is 0 Å². The molecule has 0 aromatic carbocycles. The molecule has 0 aromatic rings. The second kappa shape index (κ2) is 5.36. The Hall–Kier alpha value is -1.31. The molecule has 0 radical (unpaired) electrons. The topological polar surface area (TPSA) is 58.6 Å². The summed E-state index contributed by atoms with van der Waals surface area (Å²) in [7, 11) is 0. The molecule has 2 rings (SSSR count). The number of nitrogens with one attached hydrogen (secondary N) is 1. The molecule has 1 N–H and O–H groups in total. The quantitative estimate of drug-likeness (QED) is 0.838. The molecule has 1 aliphatic heterocycles. The number of carbonyl (C=O) groups is 2. The van der Waals surface area contributed by atoms with Crippen molar-refractivity contribution in [1.82, 2.24) is 10.4 Å². The van der Waals surface area contributed by atoms with E-state index in [1.54, 1.807) is 0 Å². The smallest absolute Gasteiger partial charge is 0.361 e. The summed E-state index contributed by atoms with van der Waals surface area (Å²) in [6.07, 6.45) is -1.99. The van der Waals surface area contributed by atoms with Crippen molar-refractivity contribution in [3.8, 4) is 0 Å². The summed E-state index contributed by atoms with van der Waals surface area (Å²) in [6.45, 7) is 0.232. The van der Waals surface area contributed by atoms with E-state index in [-0.39, 0.29) is 25.0 Å². The van der Waals surface area contributed by atoms with E-state index in [9.17, 15) is 22.8 Å². The lowest BCUT2D eigenvalue weighted by Gasteiger charge is -2.30. The van der Waals surface area contributed by atoms with E-state index in [2.05, 4.69) is 10.2 Å². The van der Waals surface area contributed by atoms with E-state index in [1.807, 2.05) is 0 Å². The Kier molecular flexibility index (Phi) is 3.98. The summed E-state index contributed by atoms with van der Waals surface area (Å²) in [6, 6.07) is 0.209. The van der Waals surface area contributed by atoms with Crippen LogP contribution in [-0.4, -0.2) is 42.2 Å². The molecular formula is C11H15F3N2O3.